The SMILES string of the molecule is CC(N)(CCCCOC1CCCC1)C(=O)O. The van der Waals surface area contributed by atoms with Crippen LogP contribution < -0.4 is 5.73 Å². The maximum Gasteiger partial charge on any atom is 0.323 e. The van der Waals surface area contributed by atoms with Crippen LogP contribution in [0.2, 0.25) is 0 Å². The molecule has 0 radical (unpaired) electrons. The molecular weight excluding hydrogens is 206 g/mol. The Balaban J connectivity index is 2.01. The highest BCUT2D eigenvalue weighted by Crippen LogP contribution is 2.21. The van der Waals surface area contributed by atoms with Crippen LogP contribution in [-0.2, 0) is 9.53 Å². The van der Waals surface area contributed by atoms with Gasteiger partial charge in [-0.3, -0.25) is 4.79 Å². The number of ether oxygens (including phenoxy) is 1. The molecule has 1 atom stereocenters. The van der Waals surface area contributed by atoms with Crippen LogP contribution in [0.4, 0.5) is 0 Å². The van der Waals surface area contributed by atoms with E-state index in [9.17, 15) is 4.79 Å². The largest absolute Gasteiger partial charge is 0.480 e. The number of aliphatic carboxylic acids is 1. The lowest BCUT2D eigenvalue weighted by atomic mass is 9.97. The molecule has 1 rings (SSSR count). The predicted molar refractivity (Wildman–Crippen MR) is 62.3 cm³/mol. The standard InChI is InChI=1S/C12H23NO3/c1-12(13,11(14)15)8-4-5-9-16-10-6-2-3-7-10/h10H,2-9,13H2,1H3,(H,14,15). The zero-order valence-corrected chi connectivity index (χ0v) is 10.1. The van der Waals surface area contributed by atoms with Crippen molar-refractivity contribution in [2.24, 2.45) is 5.73 Å². The van der Waals surface area contributed by atoms with Crippen LogP contribution in [-0.4, -0.2) is 29.3 Å². The Bertz CT molecular complexity index is 222. The fourth-order valence-electron chi connectivity index (χ4n) is 2.01. The molecule has 1 aliphatic rings. The number of hydrogen-bond acceptors (Lipinski definition) is 3. The zero-order valence-electron chi connectivity index (χ0n) is 10.1. The Morgan fingerprint density at radius 3 is 2.62 bits per heavy atom. The highest BCUT2D eigenvalue weighted by atomic mass is 16.5. The van der Waals surface area contributed by atoms with Gasteiger partial charge in [0, 0.05) is 6.61 Å². The second-order valence-electron chi connectivity index (χ2n) is 4.96. The van der Waals surface area contributed by atoms with E-state index in [1.165, 1.54) is 25.7 Å². The van der Waals surface area contributed by atoms with Gasteiger partial charge in [-0.1, -0.05) is 12.8 Å². The Kier molecular flexibility index (Phi) is 5.22. The first-order valence-electron chi connectivity index (χ1n) is 6.16. The Morgan fingerprint density at radius 1 is 1.44 bits per heavy atom. The molecule has 0 aromatic heterocycles. The number of carbonyl (C=O) groups is 1. The first-order chi connectivity index (χ1) is 7.52. The van der Waals surface area contributed by atoms with E-state index in [-0.39, 0.29) is 0 Å². The van der Waals surface area contributed by atoms with Crippen LogP contribution in [0.5, 0.6) is 0 Å². The van der Waals surface area contributed by atoms with Crippen molar-refractivity contribution < 1.29 is 14.6 Å². The van der Waals surface area contributed by atoms with Gasteiger partial charge in [-0.25, -0.2) is 0 Å². The van der Waals surface area contributed by atoms with Gasteiger partial charge in [0.1, 0.15) is 5.54 Å². The lowest BCUT2D eigenvalue weighted by molar-refractivity contribution is -0.143. The van der Waals surface area contributed by atoms with E-state index >= 15 is 0 Å². The summed E-state index contributed by atoms with van der Waals surface area (Å²) in [5, 5.41) is 8.81. The summed E-state index contributed by atoms with van der Waals surface area (Å²) in [4.78, 5) is 10.7. The van der Waals surface area contributed by atoms with E-state index in [0.717, 1.165) is 19.4 Å². The molecule has 4 heteroatoms. The maximum atomic E-state index is 10.7. The number of carboxylic acid groups (broad SMARTS) is 1. The van der Waals surface area contributed by atoms with Gasteiger partial charge in [0.25, 0.3) is 0 Å². The zero-order chi connectivity index (χ0) is 12.0. The fraction of sp³-hybridized carbons (Fsp3) is 0.917. The summed E-state index contributed by atoms with van der Waals surface area (Å²) in [6.07, 6.45) is 7.60. The Hall–Kier alpha value is -0.610. The number of carboxylic acids is 1. The second-order valence-corrected chi connectivity index (χ2v) is 4.96. The number of rotatable bonds is 7. The average Bonchev–Trinajstić information content (AvgIpc) is 2.69. The van der Waals surface area contributed by atoms with E-state index in [0.29, 0.717) is 12.5 Å². The Morgan fingerprint density at radius 2 is 2.06 bits per heavy atom. The molecule has 0 spiro atoms. The van der Waals surface area contributed by atoms with Crippen LogP contribution in [0, 0.1) is 0 Å². The quantitative estimate of drug-likeness (QED) is 0.654. The number of unbranched alkanes of at least 4 members (excludes halogenated alkanes) is 1. The van der Waals surface area contributed by atoms with Crippen LogP contribution in [0.25, 0.3) is 0 Å². The molecule has 0 amide bonds. The van der Waals surface area contributed by atoms with Crippen molar-refractivity contribution in [2.45, 2.75) is 63.5 Å². The molecule has 1 unspecified atom stereocenters. The molecule has 3 N–H and O–H groups in total. The van der Waals surface area contributed by atoms with Crippen LogP contribution >= 0.6 is 0 Å². The monoisotopic (exact) mass is 229 g/mol. The van der Waals surface area contributed by atoms with Crippen LogP contribution in [0.3, 0.4) is 0 Å². The van der Waals surface area contributed by atoms with E-state index in [1.54, 1.807) is 6.92 Å². The molecule has 0 saturated heterocycles. The van der Waals surface area contributed by atoms with Crippen molar-refractivity contribution in [3.63, 3.8) is 0 Å². The van der Waals surface area contributed by atoms with Gasteiger partial charge in [0.05, 0.1) is 6.10 Å². The van der Waals surface area contributed by atoms with E-state index in [2.05, 4.69) is 0 Å². The first-order valence-corrected chi connectivity index (χ1v) is 6.16. The lowest BCUT2D eigenvalue weighted by Crippen LogP contribution is -2.44. The molecule has 1 saturated carbocycles. The summed E-state index contributed by atoms with van der Waals surface area (Å²) in [7, 11) is 0. The third kappa shape index (κ3) is 4.49. The molecular formula is C12H23NO3. The topological polar surface area (TPSA) is 72.5 Å². The van der Waals surface area contributed by atoms with E-state index in [4.69, 9.17) is 15.6 Å². The minimum Gasteiger partial charge on any atom is -0.480 e. The number of hydrogen-bond donors (Lipinski definition) is 2. The molecule has 0 aliphatic heterocycles. The van der Waals surface area contributed by atoms with Crippen molar-refractivity contribution >= 4 is 5.97 Å². The maximum absolute atomic E-state index is 10.7. The van der Waals surface area contributed by atoms with Gasteiger partial charge >= 0.3 is 5.97 Å². The Labute approximate surface area is 97.2 Å². The van der Waals surface area contributed by atoms with Crippen molar-refractivity contribution in [1.29, 1.82) is 0 Å². The summed E-state index contributed by atoms with van der Waals surface area (Å²) in [5.74, 6) is -0.927. The molecule has 0 heterocycles. The summed E-state index contributed by atoms with van der Waals surface area (Å²) in [6, 6.07) is 0. The summed E-state index contributed by atoms with van der Waals surface area (Å²) < 4.78 is 5.69. The fourth-order valence-corrected chi connectivity index (χ4v) is 2.01. The third-order valence-corrected chi connectivity index (χ3v) is 3.23. The molecule has 4 nitrogen and oxygen atoms in total. The highest BCUT2D eigenvalue weighted by molar-refractivity contribution is 5.77. The number of nitrogens with two attached hydrogens (primary N) is 1. The molecule has 94 valence electrons. The normalized spacial score (nSPS) is 20.9. The van der Waals surface area contributed by atoms with Gasteiger partial charge in [-0.05, 0) is 39.0 Å². The van der Waals surface area contributed by atoms with Gasteiger partial charge in [0.15, 0.2) is 0 Å². The highest BCUT2D eigenvalue weighted by Gasteiger charge is 2.26. The van der Waals surface area contributed by atoms with Gasteiger partial charge in [-0.2, -0.15) is 0 Å². The van der Waals surface area contributed by atoms with Gasteiger partial charge < -0.3 is 15.6 Å². The summed E-state index contributed by atoms with van der Waals surface area (Å²) in [5.41, 5.74) is 4.53. The second kappa shape index (κ2) is 6.21. The van der Waals surface area contributed by atoms with Gasteiger partial charge in [0.2, 0.25) is 0 Å². The van der Waals surface area contributed by atoms with E-state index in [1.807, 2.05) is 0 Å². The minimum atomic E-state index is -1.09. The minimum absolute atomic E-state index is 0.448. The predicted octanol–water partition coefficient (Wildman–Crippen LogP) is 1.92. The molecule has 1 fully saturated rings. The molecule has 0 aromatic rings. The lowest BCUT2D eigenvalue weighted by Gasteiger charge is -2.19. The summed E-state index contributed by atoms with van der Waals surface area (Å²) in [6.45, 7) is 2.30. The molecule has 0 aromatic carbocycles. The van der Waals surface area contributed by atoms with Crippen molar-refractivity contribution in [2.75, 3.05) is 6.61 Å². The van der Waals surface area contributed by atoms with Gasteiger partial charge in [-0.15, -0.1) is 0 Å². The molecule has 0 bridgehead atoms. The molecule has 16 heavy (non-hydrogen) atoms. The van der Waals surface area contributed by atoms with Crippen molar-refractivity contribution in [1.82, 2.24) is 0 Å². The average molecular weight is 229 g/mol. The summed E-state index contributed by atoms with van der Waals surface area (Å²) >= 11 is 0. The van der Waals surface area contributed by atoms with Crippen LogP contribution in [0.1, 0.15) is 51.9 Å². The van der Waals surface area contributed by atoms with E-state index < -0.39 is 11.5 Å². The first kappa shape index (κ1) is 13.5. The van der Waals surface area contributed by atoms with Crippen LogP contribution in [0.15, 0.2) is 0 Å². The van der Waals surface area contributed by atoms with Crippen molar-refractivity contribution in [3.05, 3.63) is 0 Å². The third-order valence-electron chi connectivity index (χ3n) is 3.23. The molecule has 1 aliphatic carbocycles. The van der Waals surface area contributed by atoms with Crippen molar-refractivity contribution in [3.8, 4) is 0 Å². The smallest absolute Gasteiger partial charge is 0.323 e.